The molecule has 1 amide bonds. The molecule has 0 atom stereocenters. The molecule has 0 spiro atoms. The number of hydrogen-bond acceptors (Lipinski definition) is 2. The van der Waals surface area contributed by atoms with Gasteiger partial charge in [0.2, 0.25) is 0 Å². The number of hydrogen-bond donors (Lipinski definition) is 0. The van der Waals surface area contributed by atoms with E-state index in [1.807, 2.05) is 11.8 Å². The Labute approximate surface area is 97.6 Å². The molecule has 0 aromatic carbocycles. The molecule has 0 aliphatic heterocycles. The van der Waals surface area contributed by atoms with Gasteiger partial charge in [0.25, 0.3) is 5.91 Å². The number of carbonyl (C=O) groups is 1. The van der Waals surface area contributed by atoms with E-state index in [0.717, 1.165) is 24.7 Å². The van der Waals surface area contributed by atoms with E-state index in [9.17, 15) is 4.79 Å². The summed E-state index contributed by atoms with van der Waals surface area (Å²) in [6.07, 6.45) is 3.84. The first-order chi connectivity index (χ1) is 7.24. The minimum absolute atomic E-state index is 0.100. The van der Waals surface area contributed by atoms with Gasteiger partial charge in [-0.25, -0.2) is 0 Å². The first-order valence-electron chi connectivity index (χ1n) is 5.15. The Morgan fingerprint density at radius 3 is 2.87 bits per heavy atom. The normalized spacial score (nSPS) is 15.3. The molecule has 1 aliphatic rings. The van der Waals surface area contributed by atoms with Gasteiger partial charge in [0.1, 0.15) is 5.76 Å². The van der Waals surface area contributed by atoms with Gasteiger partial charge >= 0.3 is 0 Å². The summed E-state index contributed by atoms with van der Waals surface area (Å²) < 4.78 is 5.15. The molecule has 82 valence electrons. The van der Waals surface area contributed by atoms with Crippen molar-refractivity contribution < 1.29 is 9.21 Å². The van der Waals surface area contributed by atoms with Crippen molar-refractivity contribution >= 4 is 21.8 Å². The Hall–Kier alpha value is -0.770. The number of aryl methyl sites for hydroxylation is 1. The van der Waals surface area contributed by atoms with Crippen LogP contribution in [0.3, 0.4) is 0 Å². The largest absolute Gasteiger partial charge is 0.469 e. The Balaban J connectivity index is 2.14. The smallest absolute Gasteiger partial charge is 0.257 e. The molecule has 0 N–H and O–H groups in total. The zero-order valence-corrected chi connectivity index (χ0v) is 10.3. The van der Waals surface area contributed by atoms with E-state index in [1.54, 1.807) is 12.3 Å². The second kappa shape index (κ2) is 4.39. The van der Waals surface area contributed by atoms with E-state index in [4.69, 9.17) is 4.42 Å². The van der Waals surface area contributed by atoms with Crippen LogP contribution in [-0.4, -0.2) is 28.7 Å². The third kappa shape index (κ3) is 2.25. The lowest BCUT2D eigenvalue weighted by Crippen LogP contribution is -2.34. The van der Waals surface area contributed by atoms with E-state index in [1.165, 1.54) is 0 Å². The lowest BCUT2D eigenvalue weighted by molar-refractivity contribution is 0.0753. The van der Waals surface area contributed by atoms with E-state index in [0.29, 0.717) is 17.4 Å². The van der Waals surface area contributed by atoms with E-state index in [-0.39, 0.29) is 5.91 Å². The zero-order valence-electron chi connectivity index (χ0n) is 8.70. The number of furan rings is 1. The molecule has 2 rings (SSSR count). The van der Waals surface area contributed by atoms with Gasteiger partial charge in [-0.05, 0) is 25.8 Å². The molecule has 0 radical (unpaired) electrons. The predicted octanol–water partition coefficient (Wildman–Crippen LogP) is 2.59. The van der Waals surface area contributed by atoms with Crippen molar-refractivity contribution in [3.8, 4) is 0 Å². The molecule has 1 aromatic heterocycles. The standard InChI is InChI=1S/C11H14BrNO2/c1-8-10(4-7-15-8)11(14)13(6-5-12)9-2-3-9/h4,7,9H,2-3,5-6H2,1H3. The molecule has 1 aromatic rings. The topological polar surface area (TPSA) is 33.5 Å². The van der Waals surface area contributed by atoms with Crippen molar-refractivity contribution in [2.75, 3.05) is 11.9 Å². The number of nitrogens with zero attached hydrogens (tertiary/aromatic N) is 1. The second-order valence-corrected chi connectivity index (χ2v) is 4.60. The minimum atomic E-state index is 0.100. The van der Waals surface area contributed by atoms with Crippen LogP contribution < -0.4 is 0 Å². The van der Waals surface area contributed by atoms with Crippen molar-refractivity contribution in [2.24, 2.45) is 0 Å². The van der Waals surface area contributed by atoms with Crippen LogP contribution in [0.4, 0.5) is 0 Å². The average molecular weight is 272 g/mol. The molecule has 1 fully saturated rings. The van der Waals surface area contributed by atoms with Crippen LogP contribution in [0.1, 0.15) is 29.0 Å². The summed E-state index contributed by atoms with van der Waals surface area (Å²) in [5.74, 6) is 0.809. The minimum Gasteiger partial charge on any atom is -0.469 e. The number of rotatable bonds is 4. The maximum absolute atomic E-state index is 12.1. The number of amides is 1. The Kier molecular flexibility index (Phi) is 3.14. The zero-order chi connectivity index (χ0) is 10.8. The average Bonchev–Trinajstić information content (AvgIpc) is 2.97. The van der Waals surface area contributed by atoms with Crippen LogP contribution in [0.15, 0.2) is 16.7 Å². The highest BCUT2D eigenvalue weighted by Gasteiger charge is 2.33. The SMILES string of the molecule is Cc1occc1C(=O)N(CCBr)C1CC1. The van der Waals surface area contributed by atoms with Crippen LogP contribution in [0.5, 0.6) is 0 Å². The fourth-order valence-electron chi connectivity index (χ4n) is 1.69. The van der Waals surface area contributed by atoms with Crippen molar-refractivity contribution in [1.29, 1.82) is 0 Å². The lowest BCUT2D eigenvalue weighted by atomic mass is 10.2. The molecule has 0 saturated heterocycles. The highest BCUT2D eigenvalue weighted by atomic mass is 79.9. The van der Waals surface area contributed by atoms with Gasteiger partial charge in [-0.1, -0.05) is 15.9 Å². The molecule has 1 heterocycles. The molecular formula is C11H14BrNO2. The first-order valence-corrected chi connectivity index (χ1v) is 6.27. The van der Waals surface area contributed by atoms with Crippen LogP contribution in [0.2, 0.25) is 0 Å². The summed E-state index contributed by atoms with van der Waals surface area (Å²) in [4.78, 5) is 14.1. The van der Waals surface area contributed by atoms with Gasteiger partial charge in [-0.2, -0.15) is 0 Å². The summed E-state index contributed by atoms with van der Waals surface area (Å²) in [7, 11) is 0. The van der Waals surface area contributed by atoms with Crippen LogP contribution in [-0.2, 0) is 0 Å². The van der Waals surface area contributed by atoms with Gasteiger partial charge in [0.15, 0.2) is 0 Å². The Morgan fingerprint density at radius 1 is 1.67 bits per heavy atom. The fourth-order valence-corrected chi connectivity index (χ4v) is 2.07. The van der Waals surface area contributed by atoms with Crippen LogP contribution in [0, 0.1) is 6.92 Å². The monoisotopic (exact) mass is 271 g/mol. The maximum Gasteiger partial charge on any atom is 0.257 e. The van der Waals surface area contributed by atoms with Crippen molar-refractivity contribution in [3.05, 3.63) is 23.7 Å². The summed E-state index contributed by atoms with van der Waals surface area (Å²) in [6.45, 7) is 2.60. The maximum atomic E-state index is 12.1. The molecular weight excluding hydrogens is 258 g/mol. The van der Waals surface area contributed by atoms with Crippen LogP contribution >= 0.6 is 15.9 Å². The summed E-state index contributed by atoms with van der Waals surface area (Å²) >= 11 is 3.38. The highest BCUT2D eigenvalue weighted by Crippen LogP contribution is 2.28. The second-order valence-electron chi connectivity index (χ2n) is 3.81. The van der Waals surface area contributed by atoms with Crippen LogP contribution in [0.25, 0.3) is 0 Å². The van der Waals surface area contributed by atoms with Crippen molar-refractivity contribution in [1.82, 2.24) is 4.90 Å². The molecule has 3 nitrogen and oxygen atoms in total. The number of carbonyl (C=O) groups excluding carboxylic acids is 1. The molecule has 0 bridgehead atoms. The van der Waals surface area contributed by atoms with Gasteiger partial charge in [0, 0.05) is 17.9 Å². The summed E-state index contributed by atoms with van der Waals surface area (Å²) in [5, 5.41) is 0.826. The van der Waals surface area contributed by atoms with E-state index in [2.05, 4.69) is 15.9 Å². The van der Waals surface area contributed by atoms with Gasteiger partial charge < -0.3 is 9.32 Å². The van der Waals surface area contributed by atoms with Crippen molar-refractivity contribution in [3.63, 3.8) is 0 Å². The lowest BCUT2D eigenvalue weighted by Gasteiger charge is -2.20. The highest BCUT2D eigenvalue weighted by molar-refractivity contribution is 9.09. The summed E-state index contributed by atoms with van der Waals surface area (Å²) in [5.41, 5.74) is 0.697. The third-order valence-electron chi connectivity index (χ3n) is 2.66. The molecule has 4 heteroatoms. The Morgan fingerprint density at radius 2 is 2.40 bits per heavy atom. The quantitative estimate of drug-likeness (QED) is 0.789. The van der Waals surface area contributed by atoms with Gasteiger partial charge in [-0.3, -0.25) is 4.79 Å². The molecule has 1 saturated carbocycles. The van der Waals surface area contributed by atoms with Gasteiger partial charge in [0.05, 0.1) is 11.8 Å². The molecule has 0 unspecified atom stereocenters. The predicted molar refractivity (Wildman–Crippen MR) is 61.3 cm³/mol. The van der Waals surface area contributed by atoms with Gasteiger partial charge in [-0.15, -0.1) is 0 Å². The van der Waals surface area contributed by atoms with E-state index >= 15 is 0 Å². The third-order valence-corrected chi connectivity index (χ3v) is 3.02. The Bertz CT molecular complexity index is 357. The first kappa shape index (κ1) is 10.7. The van der Waals surface area contributed by atoms with Crippen molar-refractivity contribution in [2.45, 2.75) is 25.8 Å². The van der Waals surface area contributed by atoms with E-state index < -0.39 is 0 Å². The summed E-state index contributed by atoms with van der Waals surface area (Å²) in [6, 6.07) is 2.20. The fraction of sp³-hybridized carbons (Fsp3) is 0.545. The number of halogens is 1. The number of alkyl halides is 1. The molecule has 1 aliphatic carbocycles. The molecule has 15 heavy (non-hydrogen) atoms.